The highest BCUT2D eigenvalue weighted by Gasteiger charge is 2.19. The van der Waals surface area contributed by atoms with Crippen molar-refractivity contribution in [3.63, 3.8) is 0 Å². The zero-order valence-corrected chi connectivity index (χ0v) is 13.5. The predicted octanol–water partition coefficient (Wildman–Crippen LogP) is 3.31. The molecular formula is C18H29NO2. The predicted molar refractivity (Wildman–Crippen MR) is 86.9 cm³/mol. The van der Waals surface area contributed by atoms with Crippen molar-refractivity contribution in [2.75, 3.05) is 26.3 Å². The zero-order valence-electron chi connectivity index (χ0n) is 13.5. The van der Waals surface area contributed by atoms with Crippen molar-refractivity contribution < 1.29 is 9.84 Å². The first-order valence-corrected chi connectivity index (χ1v) is 8.26. The molecule has 0 amide bonds. The minimum Gasteiger partial charge on any atom is -0.493 e. The Morgan fingerprint density at radius 1 is 1.10 bits per heavy atom. The van der Waals surface area contributed by atoms with Crippen LogP contribution in [-0.2, 0) is 0 Å². The van der Waals surface area contributed by atoms with Crippen LogP contribution in [0.15, 0.2) is 18.2 Å². The third kappa shape index (κ3) is 4.72. The van der Waals surface area contributed by atoms with Crippen LogP contribution < -0.4 is 4.74 Å². The van der Waals surface area contributed by atoms with E-state index in [-0.39, 0.29) is 12.6 Å². The van der Waals surface area contributed by atoms with Gasteiger partial charge in [0.25, 0.3) is 0 Å². The van der Waals surface area contributed by atoms with Gasteiger partial charge < -0.3 is 9.84 Å². The van der Waals surface area contributed by atoms with Crippen LogP contribution in [0.2, 0.25) is 0 Å². The highest BCUT2D eigenvalue weighted by Crippen LogP contribution is 2.23. The molecule has 0 unspecified atom stereocenters. The van der Waals surface area contributed by atoms with Gasteiger partial charge in [0.2, 0.25) is 0 Å². The molecule has 1 aliphatic heterocycles. The molecule has 1 aromatic rings. The van der Waals surface area contributed by atoms with Crippen molar-refractivity contribution in [3.8, 4) is 5.75 Å². The van der Waals surface area contributed by atoms with E-state index >= 15 is 0 Å². The Morgan fingerprint density at radius 3 is 2.29 bits per heavy atom. The summed E-state index contributed by atoms with van der Waals surface area (Å²) in [5, 5.41) is 9.68. The Labute approximate surface area is 128 Å². The summed E-state index contributed by atoms with van der Waals surface area (Å²) in [7, 11) is 0. The van der Waals surface area contributed by atoms with Crippen LogP contribution in [0.25, 0.3) is 0 Å². The molecule has 0 bridgehead atoms. The highest BCUT2D eigenvalue weighted by molar-refractivity contribution is 5.39. The number of ether oxygens (including phenoxy) is 1. The Morgan fingerprint density at radius 2 is 1.71 bits per heavy atom. The maximum Gasteiger partial charge on any atom is 0.125 e. The molecule has 1 heterocycles. The third-order valence-electron chi connectivity index (χ3n) is 4.47. The Balaban J connectivity index is 1.85. The minimum absolute atomic E-state index is 0.232. The van der Waals surface area contributed by atoms with Crippen LogP contribution in [0.5, 0.6) is 5.75 Å². The number of hydrogen-bond acceptors (Lipinski definition) is 3. The Kier molecular flexibility index (Phi) is 6.52. The SMILES string of the molecule is Cc1cccc(C)c1OCC[C@@H](CO)N1CCCCCC1. The first kappa shape index (κ1) is 16.3. The van der Waals surface area contributed by atoms with Crippen molar-refractivity contribution in [3.05, 3.63) is 29.3 Å². The summed E-state index contributed by atoms with van der Waals surface area (Å²) in [4.78, 5) is 2.45. The molecular weight excluding hydrogens is 262 g/mol. The van der Waals surface area contributed by atoms with Gasteiger partial charge in [0.15, 0.2) is 0 Å². The van der Waals surface area contributed by atoms with Crippen LogP contribution in [0.1, 0.15) is 43.2 Å². The number of likely N-dealkylation sites (tertiary alicyclic amines) is 1. The van der Waals surface area contributed by atoms with E-state index in [0.717, 1.165) is 25.3 Å². The molecule has 0 aliphatic carbocycles. The van der Waals surface area contributed by atoms with Crippen molar-refractivity contribution in [2.45, 2.75) is 52.0 Å². The monoisotopic (exact) mass is 291 g/mol. The summed E-state index contributed by atoms with van der Waals surface area (Å²) in [6.45, 7) is 7.31. The molecule has 0 aromatic heterocycles. The van der Waals surface area contributed by atoms with Crippen LogP contribution in [0, 0.1) is 13.8 Å². The largest absolute Gasteiger partial charge is 0.493 e. The molecule has 3 heteroatoms. The molecule has 0 radical (unpaired) electrons. The number of aliphatic hydroxyl groups is 1. The van der Waals surface area contributed by atoms with Crippen molar-refractivity contribution in [1.29, 1.82) is 0 Å². The zero-order chi connectivity index (χ0) is 15.1. The Bertz CT molecular complexity index is 405. The molecule has 21 heavy (non-hydrogen) atoms. The summed E-state index contributed by atoms with van der Waals surface area (Å²) < 4.78 is 5.98. The average Bonchev–Trinajstić information content (AvgIpc) is 2.75. The molecule has 118 valence electrons. The van der Waals surface area contributed by atoms with E-state index in [9.17, 15) is 5.11 Å². The molecule has 1 fully saturated rings. The summed E-state index contributed by atoms with van der Waals surface area (Å²) in [5.74, 6) is 1.00. The number of nitrogens with zero attached hydrogens (tertiary/aromatic N) is 1. The van der Waals surface area contributed by atoms with E-state index in [1.165, 1.54) is 36.8 Å². The molecule has 1 aromatic carbocycles. The van der Waals surface area contributed by atoms with E-state index in [1.807, 2.05) is 0 Å². The number of hydrogen-bond donors (Lipinski definition) is 1. The highest BCUT2D eigenvalue weighted by atomic mass is 16.5. The van der Waals surface area contributed by atoms with Gasteiger partial charge in [0.1, 0.15) is 5.75 Å². The van der Waals surface area contributed by atoms with Crippen LogP contribution in [0.4, 0.5) is 0 Å². The van der Waals surface area contributed by atoms with Gasteiger partial charge >= 0.3 is 0 Å². The van der Waals surface area contributed by atoms with Gasteiger partial charge in [-0.25, -0.2) is 0 Å². The molecule has 1 atom stereocenters. The van der Waals surface area contributed by atoms with E-state index in [4.69, 9.17) is 4.74 Å². The second kappa shape index (κ2) is 8.40. The first-order chi connectivity index (χ1) is 10.2. The summed E-state index contributed by atoms with van der Waals surface area (Å²) in [6, 6.07) is 6.47. The lowest BCUT2D eigenvalue weighted by molar-refractivity contribution is 0.106. The van der Waals surface area contributed by atoms with Crippen LogP contribution in [-0.4, -0.2) is 42.4 Å². The van der Waals surface area contributed by atoms with E-state index in [0.29, 0.717) is 6.61 Å². The molecule has 1 aliphatic rings. The first-order valence-electron chi connectivity index (χ1n) is 8.26. The van der Waals surface area contributed by atoms with Gasteiger partial charge in [-0.3, -0.25) is 4.90 Å². The molecule has 1 N–H and O–H groups in total. The van der Waals surface area contributed by atoms with Gasteiger partial charge in [-0.05, 0) is 57.3 Å². The summed E-state index contributed by atoms with van der Waals surface area (Å²) in [5.41, 5.74) is 2.37. The smallest absolute Gasteiger partial charge is 0.125 e. The molecule has 0 saturated carbocycles. The summed E-state index contributed by atoms with van der Waals surface area (Å²) in [6.07, 6.45) is 6.06. The lowest BCUT2D eigenvalue weighted by Gasteiger charge is -2.29. The number of para-hydroxylation sites is 1. The number of aliphatic hydroxyl groups excluding tert-OH is 1. The van der Waals surface area contributed by atoms with Crippen LogP contribution in [0.3, 0.4) is 0 Å². The van der Waals surface area contributed by atoms with Gasteiger partial charge in [-0.2, -0.15) is 0 Å². The fourth-order valence-corrected chi connectivity index (χ4v) is 3.17. The quantitative estimate of drug-likeness (QED) is 0.873. The maximum absolute atomic E-state index is 9.68. The van der Waals surface area contributed by atoms with Crippen molar-refractivity contribution in [2.24, 2.45) is 0 Å². The molecule has 2 rings (SSSR count). The van der Waals surface area contributed by atoms with E-state index in [2.05, 4.69) is 36.9 Å². The van der Waals surface area contributed by atoms with Crippen molar-refractivity contribution >= 4 is 0 Å². The van der Waals surface area contributed by atoms with E-state index in [1.54, 1.807) is 0 Å². The lowest BCUT2D eigenvalue weighted by Crippen LogP contribution is -2.39. The fraction of sp³-hybridized carbons (Fsp3) is 0.667. The number of benzene rings is 1. The second-order valence-corrected chi connectivity index (χ2v) is 6.14. The molecule has 1 saturated heterocycles. The van der Waals surface area contributed by atoms with Crippen molar-refractivity contribution in [1.82, 2.24) is 4.90 Å². The lowest BCUT2D eigenvalue weighted by atomic mass is 10.1. The minimum atomic E-state index is 0.232. The summed E-state index contributed by atoms with van der Waals surface area (Å²) >= 11 is 0. The topological polar surface area (TPSA) is 32.7 Å². The van der Waals surface area contributed by atoms with Gasteiger partial charge in [0.05, 0.1) is 13.2 Å². The normalized spacial score (nSPS) is 18.2. The fourth-order valence-electron chi connectivity index (χ4n) is 3.17. The Hall–Kier alpha value is -1.06. The van der Waals surface area contributed by atoms with Gasteiger partial charge in [0, 0.05) is 6.04 Å². The standard InChI is InChI=1S/C18H29NO2/c1-15-8-7-9-16(2)18(15)21-13-10-17(14-20)19-11-5-3-4-6-12-19/h7-9,17,20H,3-6,10-14H2,1-2H3/t17-/m0/s1. The average molecular weight is 291 g/mol. The van der Waals surface area contributed by atoms with Gasteiger partial charge in [-0.15, -0.1) is 0 Å². The molecule has 0 spiro atoms. The van der Waals surface area contributed by atoms with E-state index < -0.39 is 0 Å². The van der Waals surface area contributed by atoms with Gasteiger partial charge in [-0.1, -0.05) is 31.0 Å². The maximum atomic E-state index is 9.68. The third-order valence-corrected chi connectivity index (χ3v) is 4.47. The van der Waals surface area contributed by atoms with Crippen LogP contribution >= 0.6 is 0 Å². The number of rotatable bonds is 6. The second-order valence-electron chi connectivity index (χ2n) is 6.14. The molecule has 3 nitrogen and oxygen atoms in total. The number of aryl methyl sites for hydroxylation is 2.